The van der Waals surface area contributed by atoms with Crippen LogP contribution in [0.5, 0.6) is 0 Å². The second kappa shape index (κ2) is 29.6. The minimum atomic E-state index is -0.192. The quantitative estimate of drug-likeness (QED) is 0.0449. The van der Waals surface area contributed by atoms with Gasteiger partial charge in [0.05, 0.1) is 0 Å². The summed E-state index contributed by atoms with van der Waals surface area (Å²) in [6.45, 7) is 4.49. The zero-order valence-electron chi connectivity index (χ0n) is 25.1. The van der Waals surface area contributed by atoms with Crippen molar-refractivity contribution >= 4 is 17.8 Å². The molecule has 0 unspecified atom stereocenters. The number of carbonyl (C=O) groups excluding carboxylic acids is 2. The summed E-state index contributed by atoms with van der Waals surface area (Å²) in [5.74, 6) is -0.560. The highest BCUT2D eigenvalue weighted by Crippen LogP contribution is 2.10. The molecule has 0 saturated heterocycles. The number of nitrogens with one attached hydrogen (secondary N) is 3. The Labute approximate surface area is 235 Å². The van der Waals surface area contributed by atoms with E-state index in [1.807, 2.05) is 0 Å². The van der Waals surface area contributed by atoms with Gasteiger partial charge < -0.3 is 0 Å². The first-order valence-corrected chi connectivity index (χ1v) is 16.1. The van der Waals surface area contributed by atoms with Crippen molar-refractivity contribution in [2.45, 2.75) is 168 Å². The van der Waals surface area contributed by atoms with Crippen LogP contribution in [0.4, 0.5) is 0 Å². The average Bonchev–Trinajstić information content (AvgIpc) is 2.89. The Balaban J connectivity index is 3.51. The molecule has 38 heavy (non-hydrogen) atoms. The van der Waals surface area contributed by atoms with E-state index in [0.717, 1.165) is 51.4 Å². The molecule has 0 heterocycles. The topological polar surface area (TPSA) is 82.1 Å². The molecule has 0 aromatic heterocycles. The standard InChI is InChI=1S/C33H61N3O2/c1-3-5-7-9-11-13-15-17-19-21-23-25-27-29-31(37)35-33(34)36-32(38)30-28-26-24-22-20-18-16-14-12-10-8-6-4-2/h13-16H,3-12,17-30H2,1-2H3,(H3,34,35,36,37,38)/b15-13-,16-14-. The number of carbonyl (C=O) groups is 2. The Kier molecular flexibility index (Phi) is 28.2. The Morgan fingerprint density at radius 1 is 0.474 bits per heavy atom. The van der Waals surface area contributed by atoms with Gasteiger partial charge >= 0.3 is 0 Å². The van der Waals surface area contributed by atoms with Gasteiger partial charge in [0.2, 0.25) is 17.8 Å². The molecule has 0 aromatic carbocycles. The van der Waals surface area contributed by atoms with Crippen LogP contribution >= 0.6 is 0 Å². The van der Waals surface area contributed by atoms with Crippen molar-refractivity contribution in [3.8, 4) is 0 Å². The first-order valence-electron chi connectivity index (χ1n) is 16.1. The number of hydrogen-bond acceptors (Lipinski definition) is 3. The molecule has 2 amide bonds. The third-order valence-corrected chi connectivity index (χ3v) is 6.86. The first-order chi connectivity index (χ1) is 18.6. The van der Waals surface area contributed by atoms with Gasteiger partial charge in [-0.1, -0.05) is 115 Å². The monoisotopic (exact) mass is 531 g/mol. The molecule has 5 nitrogen and oxygen atoms in total. The van der Waals surface area contributed by atoms with E-state index in [0.29, 0.717) is 12.8 Å². The number of allylic oxidation sites excluding steroid dienone is 4. The van der Waals surface area contributed by atoms with Crippen LogP contribution in [0.2, 0.25) is 0 Å². The van der Waals surface area contributed by atoms with Gasteiger partial charge in [0.25, 0.3) is 0 Å². The van der Waals surface area contributed by atoms with Crippen molar-refractivity contribution in [2.24, 2.45) is 0 Å². The maximum Gasteiger partial charge on any atom is 0.226 e. The molecule has 0 rings (SSSR count). The summed E-state index contributed by atoms with van der Waals surface area (Å²) in [7, 11) is 0. The van der Waals surface area contributed by atoms with Gasteiger partial charge in [0.15, 0.2) is 0 Å². The van der Waals surface area contributed by atoms with E-state index in [1.54, 1.807) is 0 Å². The fourth-order valence-electron chi connectivity index (χ4n) is 4.44. The van der Waals surface area contributed by atoms with E-state index in [2.05, 4.69) is 48.8 Å². The number of rotatable bonds is 26. The van der Waals surface area contributed by atoms with Crippen molar-refractivity contribution in [3.05, 3.63) is 24.3 Å². The van der Waals surface area contributed by atoms with Crippen LogP contribution in [0, 0.1) is 5.41 Å². The van der Waals surface area contributed by atoms with E-state index in [9.17, 15) is 9.59 Å². The first kappa shape index (κ1) is 36.1. The predicted octanol–water partition coefficient (Wildman–Crippen LogP) is 9.67. The molecule has 0 spiro atoms. The molecule has 0 saturated carbocycles. The third kappa shape index (κ3) is 28.7. The zero-order chi connectivity index (χ0) is 27.9. The highest BCUT2D eigenvalue weighted by Gasteiger charge is 2.08. The summed E-state index contributed by atoms with van der Waals surface area (Å²) in [4.78, 5) is 24.0. The van der Waals surface area contributed by atoms with Gasteiger partial charge in [-0.2, -0.15) is 0 Å². The molecule has 0 fully saturated rings. The lowest BCUT2D eigenvalue weighted by molar-refractivity contribution is -0.120. The Morgan fingerprint density at radius 3 is 1.11 bits per heavy atom. The molecule has 220 valence electrons. The minimum absolute atomic E-state index is 0.184. The lowest BCUT2D eigenvalue weighted by atomic mass is 10.1. The molecule has 5 heteroatoms. The Bertz CT molecular complexity index is 576. The maximum absolute atomic E-state index is 12.0. The van der Waals surface area contributed by atoms with E-state index in [4.69, 9.17) is 5.41 Å². The summed E-state index contributed by atoms with van der Waals surface area (Å²) >= 11 is 0. The zero-order valence-corrected chi connectivity index (χ0v) is 25.1. The Hall–Kier alpha value is -1.91. The molecule has 0 bridgehead atoms. The second-order valence-electron chi connectivity index (χ2n) is 10.7. The fraction of sp³-hybridized carbons (Fsp3) is 0.788. The van der Waals surface area contributed by atoms with Crippen LogP contribution in [-0.2, 0) is 9.59 Å². The fourth-order valence-corrected chi connectivity index (χ4v) is 4.44. The van der Waals surface area contributed by atoms with Crippen LogP contribution in [0.1, 0.15) is 168 Å². The summed E-state index contributed by atoms with van der Waals surface area (Å²) in [6.07, 6.45) is 36.2. The average molecular weight is 532 g/mol. The minimum Gasteiger partial charge on any atom is -0.297 e. The van der Waals surface area contributed by atoms with Crippen molar-refractivity contribution in [2.75, 3.05) is 0 Å². The summed E-state index contributed by atoms with van der Waals surface area (Å²) in [5, 5.41) is 12.8. The van der Waals surface area contributed by atoms with Crippen LogP contribution in [0.25, 0.3) is 0 Å². The summed E-state index contributed by atoms with van der Waals surface area (Å²) in [6, 6.07) is 0. The van der Waals surface area contributed by atoms with Crippen LogP contribution in [0.3, 0.4) is 0 Å². The number of unbranched alkanes of at least 4 members (excludes halogenated alkanes) is 18. The Morgan fingerprint density at radius 2 is 0.763 bits per heavy atom. The van der Waals surface area contributed by atoms with Gasteiger partial charge in [-0.25, -0.2) is 0 Å². The van der Waals surface area contributed by atoms with E-state index in [1.165, 1.54) is 89.9 Å². The largest absolute Gasteiger partial charge is 0.297 e. The van der Waals surface area contributed by atoms with Crippen LogP contribution < -0.4 is 10.6 Å². The van der Waals surface area contributed by atoms with Crippen LogP contribution in [0.15, 0.2) is 24.3 Å². The normalized spacial score (nSPS) is 11.4. The number of guanidine groups is 1. The highest BCUT2D eigenvalue weighted by atomic mass is 16.2. The van der Waals surface area contributed by atoms with Crippen molar-refractivity contribution < 1.29 is 9.59 Å². The van der Waals surface area contributed by atoms with Gasteiger partial charge in [0.1, 0.15) is 0 Å². The molecular formula is C33H61N3O2. The number of hydrogen-bond donors (Lipinski definition) is 3. The summed E-state index contributed by atoms with van der Waals surface area (Å²) in [5.41, 5.74) is 0. The molecule has 0 atom stereocenters. The summed E-state index contributed by atoms with van der Waals surface area (Å²) < 4.78 is 0. The molecule has 0 aromatic rings. The van der Waals surface area contributed by atoms with Gasteiger partial charge in [-0.3, -0.25) is 25.6 Å². The maximum atomic E-state index is 12.0. The molecule has 0 aliphatic heterocycles. The van der Waals surface area contributed by atoms with E-state index >= 15 is 0 Å². The number of amides is 2. The molecule has 0 aliphatic rings. The third-order valence-electron chi connectivity index (χ3n) is 6.86. The molecular weight excluding hydrogens is 470 g/mol. The van der Waals surface area contributed by atoms with Gasteiger partial charge in [-0.05, 0) is 64.2 Å². The van der Waals surface area contributed by atoms with Gasteiger partial charge in [-0.15, -0.1) is 0 Å². The van der Waals surface area contributed by atoms with Gasteiger partial charge in [0, 0.05) is 12.8 Å². The van der Waals surface area contributed by atoms with E-state index in [-0.39, 0.29) is 17.8 Å². The molecule has 0 aliphatic carbocycles. The van der Waals surface area contributed by atoms with E-state index < -0.39 is 0 Å². The molecule has 3 N–H and O–H groups in total. The van der Waals surface area contributed by atoms with Crippen LogP contribution in [-0.4, -0.2) is 17.8 Å². The smallest absolute Gasteiger partial charge is 0.226 e. The van der Waals surface area contributed by atoms with Crippen molar-refractivity contribution in [1.29, 1.82) is 5.41 Å². The predicted molar refractivity (Wildman–Crippen MR) is 164 cm³/mol. The molecule has 0 radical (unpaired) electrons. The SMILES string of the molecule is CCCCCC/C=C\CCCCCCCC(=O)NC(=N)NC(=O)CCCCCCC/C=C\CCCCCC. The lowest BCUT2D eigenvalue weighted by Gasteiger charge is -2.08. The lowest BCUT2D eigenvalue weighted by Crippen LogP contribution is -2.42. The van der Waals surface area contributed by atoms with Crippen molar-refractivity contribution in [3.63, 3.8) is 0 Å². The second-order valence-corrected chi connectivity index (χ2v) is 10.7. The van der Waals surface area contributed by atoms with Crippen molar-refractivity contribution in [1.82, 2.24) is 10.6 Å². The highest BCUT2D eigenvalue weighted by molar-refractivity contribution is 6.03.